The molecule has 1 heterocycles. The van der Waals surface area contributed by atoms with E-state index >= 15 is 0 Å². The maximum absolute atomic E-state index is 13.2. The van der Waals surface area contributed by atoms with E-state index in [9.17, 15) is 9.59 Å². The van der Waals surface area contributed by atoms with Crippen molar-refractivity contribution in [2.75, 3.05) is 7.11 Å². The first kappa shape index (κ1) is 20.0. The highest BCUT2D eigenvalue weighted by molar-refractivity contribution is 6.12. The minimum absolute atomic E-state index is 0.0600. The quantitative estimate of drug-likeness (QED) is 0.360. The van der Waals surface area contributed by atoms with Crippen LogP contribution in [-0.4, -0.2) is 23.1 Å². The Hall–Kier alpha value is -4.25. The lowest BCUT2D eigenvalue weighted by Gasteiger charge is -2.12. The lowest BCUT2D eigenvalue weighted by atomic mass is 9.93. The SMILES string of the molecule is COc1ccc(/C=C/C(=O)c2c(-c3ccccc3)c(-c3ccccc3)n[nH]c2=O)cc1. The highest BCUT2D eigenvalue weighted by Gasteiger charge is 2.21. The summed E-state index contributed by atoms with van der Waals surface area (Å²) in [5.74, 6) is 0.337. The van der Waals surface area contributed by atoms with Crippen molar-refractivity contribution in [3.63, 3.8) is 0 Å². The summed E-state index contributed by atoms with van der Waals surface area (Å²) >= 11 is 0. The number of aromatic amines is 1. The average molecular weight is 408 g/mol. The molecule has 0 aliphatic heterocycles. The third kappa shape index (κ3) is 4.36. The summed E-state index contributed by atoms with van der Waals surface area (Å²) in [5, 5.41) is 6.77. The first-order valence-electron chi connectivity index (χ1n) is 9.77. The monoisotopic (exact) mass is 408 g/mol. The summed E-state index contributed by atoms with van der Waals surface area (Å²) in [6, 6.07) is 26.1. The fourth-order valence-electron chi connectivity index (χ4n) is 3.35. The number of carbonyl (C=O) groups is 1. The van der Waals surface area contributed by atoms with Crippen molar-refractivity contribution in [3.8, 4) is 28.1 Å². The summed E-state index contributed by atoms with van der Waals surface area (Å²) < 4.78 is 5.16. The van der Waals surface area contributed by atoms with E-state index in [1.165, 1.54) is 6.08 Å². The van der Waals surface area contributed by atoms with Crippen LogP contribution in [0.2, 0.25) is 0 Å². The molecule has 0 fully saturated rings. The number of hydrogen-bond donors (Lipinski definition) is 1. The summed E-state index contributed by atoms with van der Waals surface area (Å²) in [5.41, 5.74) is 2.98. The lowest BCUT2D eigenvalue weighted by molar-refractivity contribution is 0.104. The van der Waals surface area contributed by atoms with Crippen LogP contribution in [0.25, 0.3) is 28.5 Å². The minimum atomic E-state index is -0.525. The summed E-state index contributed by atoms with van der Waals surface area (Å²) in [6.07, 6.45) is 3.09. The number of aromatic nitrogens is 2. The number of nitrogens with one attached hydrogen (secondary N) is 1. The fraction of sp³-hybridized carbons (Fsp3) is 0.0385. The number of ether oxygens (including phenoxy) is 1. The minimum Gasteiger partial charge on any atom is -0.497 e. The van der Waals surface area contributed by atoms with Crippen molar-refractivity contribution in [3.05, 3.63) is 112 Å². The van der Waals surface area contributed by atoms with Gasteiger partial charge in [0.1, 0.15) is 5.75 Å². The van der Waals surface area contributed by atoms with Gasteiger partial charge in [0, 0.05) is 11.1 Å². The second-order valence-electron chi connectivity index (χ2n) is 6.85. The molecule has 1 aromatic heterocycles. The van der Waals surface area contributed by atoms with Crippen molar-refractivity contribution < 1.29 is 9.53 Å². The zero-order valence-corrected chi connectivity index (χ0v) is 16.9. The van der Waals surface area contributed by atoms with E-state index in [0.717, 1.165) is 22.4 Å². The summed E-state index contributed by atoms with van der Waals surface area (Å²) in [6.45, 7) is 0. The first-order chi connectivity index (χ1) is 15.2. The van der Waals surface area contributed by atoms with Crippen molar-refractivity contribution in [2.24, 2.45) is 0 Å². The molecule has 0 atom stereocenters. The number of rotatable bonds is 6. The van der Waals surface area contributed by atoms with E-state index in [1.807, 2.05) is 84.9 Å². The second-order valence-corrected chi connectivity index (χ2v) is 6.85. The van der Waals surface area contributed by atoms with Gasteiger partial charge in [0.15, 0.2) is 5.78 Å². The highest BCUT2D eigenvalue weighted by atomic mass is 16.5. The number of nitrogens with zero attached hydrogens (tertiary/aromatic N) is 1. The molecule has 0 spiro atoms. The molecule has 0 unspecified atom stereocenters. The molecule has 0 bridgehead atoms. The molecule has 152 valence electrons. The molecule has 1 N–H and O–H groups in total. The number of benzene rings is 3. The normalized spacial score (nSPS) is 10.9. The number of H-pyrrole nitrogens is 1. The Morgan fingerprint density at radius 2 is 1.48 bits per heavy atom. The Labute approximate surface area is 179 Å². The van der Waals surface area contributed by atoms with Gasteiger partial charge < -0.3 is 4.74 Å². The second kappa shape index (κ2) is 9.05. The van der Waals surface area contributed by atoms with Gasteiger partial charge in [-0.1, -0.05) is 78.9 Å². The van der Waals surface area contributed by atoms with Crippen LogP contribution in [0.4, 0.5) is 0 Å². The number of allylic oxidation sites excluding steroid dienone is 1. The maximum atomic E-state index is 13.2. The average Bonchev–Trinajstić information content (AvgIpc) is 2.83. The van der Waals surface area contributed by atoms with Crippen LogP contribution in [0.3, 0.4) is 0 Å². The van der Waals surface area contributed by atoms with Gasteiger partial charge >= 0.3 is 0 Å². The molecular weight excluding hydrogens is 388 g/mol. The third-order valence-electron chi connectivity index (χ3n) is 4.88. The molecule has 0 saturated carbocycles. The molecule has 3 aromatic carbocycles. The van der Waals surface area contributed by atoms with Crippen molar-refractivity contribution in [1.82, 2.24) is 10.2 Å². The van der Waals surface area contributed by atoms with E-state index in [0.29, 0.717) is 11.3 Å². The first-order valence-corrected chi connectivity index (χ1v) is 9.77. The molecule has 0 aliphatic carbocycles. The largest absolute Gasteiger partial charge is 0.497 e. The van der Waals surface area contributed by atoms with Crippen molar-refractivity contribution >= 4 is 11.9 Å². The van der Waals surface area contributed by atoms with Gasteiger partial charge in [-0.05, 0) is 29.3 Å². The predicted molar refractivity (Wildman–Crippen MR) is 122 cm³/mol. The molecule has 0 aliphatic rings. The molecule has 5 heteroatoms. The molecular formula is C26H20N2O3. The molecule has 31 heavy (non-hydrogen) atoms. The Bertz CT molecular complexity index is 1280. The smallest absolute Gasteiger partial charge is 0.276 e. The van der Waals surface area contributed by atoms with Crippen LogP contribution in [0.5, 0.6) is 5.75 Å². The summed E-state index contributed by atoms with van der Waals surface area (Å²) in [7, 11) is 1.60. The Balaban J connectivity index is 1.83. The van der Waals surface area contributed by atoms with Crippen LogP contribution in [0.1, 0.15) is 15.9 Å². The van der Waals surface area contributed by atoms with Crippen molar-refractivity contribution in [1.29, 1.82) is 0 Å². The van der Waals surface area contributed by atoms with Gasteiger partial charge in [-0.3, -0.25) is 9.59 Å². The highest BCUT2D eigenvalue weighted by Crippen LogP contribution is 2.31. The van der Waals surface area contributed by atoms with Gasteiger partial charge in [-0.25, -0.2) is 5.10 Å². The van der Waals surface area contributed by atoms with Crippen LogP contribution in [0.15, 0.2) is 95.8 Å². The Morgan fingerprint density at radius 3 is 2.10 bits per heavy atom. The van der Waals surface area contributed by atoms with E-state index in [4.69, 9.17) is 4.74 Å². The number of hydrogen-bond acceptors (Lipinski definition) is 4. The lowest BCUT2D eigenvalue weighted by Crippen LogP contribution is -2.20. The zero-order valence-electron chi connectivity index (χ0n) is 16.9. The topological polar surface area (TPSA) is 72.0 Å². The van der Waals surface area contributed by atoms with E-state index in [1.54, 1.807) is 13.2 Å². The summed E-state index contributed by atoms with van der Waals surface area (Å²) in [4.78, 5) is 25.9. The molecule has 4 aromatic rings. The van der Waals surface area contributed by atoms with Gasteiger partial charge in [0.25, 0.3) is 5.56 Å². The molecule has 0 amide bonds. The van der Waals surface area contributed by atoms with Crippen LogP contribution >= 0.6 is 0 Å². The third-order valence-corrected chi connectivity index (χ3v) is 4.88. The number of methoxy groups -OCH3 is 1. The standard InChI is InChI=1S/C26H20N2O3/c1-31-21-15-12-18(13-16-21)14-17-22(29)24-23(19-8-4-2-5-9-19)25(27-28-26(24)30)20-10-6-3-7-11-20/h2-17H,1H3,(H,28,30)/b17-14+. The van der Waals surface area contributed by atoms with E-state index in [-0.39, 0.29) is 5.56 Å². The van der Waals surface area contributed by atoms with Gasteiger partial charge in [-0.2, -0.15) is 5.10 Å². The Kier molecular flexibility index (Phi) is 5.85. The Morgan fingerprint density at radius 1 is 0.871 bits per heavy atom. The molecule has 4 rings (SSSR count). The molecule has 0 radical (unpaired) electrons. The van der Waals surface area contributed by atoms with Gasteiger partial charge in [0.2, 0.25) is 0 Å². The maximum Gasteiger partial charge on any atom is 0.276 e. The fourth-order valence-corrected chi connectivity index (χ4v) is 3.35. The van der Waals surface area contributed by atoms with Crippen LogP contribution in [-0.2, 0) is 0 Å². The predicted octanol–water partition coefficient (Wildman–Crippen LogP) is 5.01. The van der Waals surface area contributed by atoms with Gasteiger partial charge in [0.05, 0.1) is 18.4 Å². The zero-order chi connectivity index (χ0) is 21.6. The van der Waals surface area contributed by atoms with Crippen LogP contribution < -0.4 is 10.3 Å². The van der Waals surface area contributed by atoms with Crippen LogP contribution in [0, 0.1) is 0 Å². The number of ketones is 1. The van der Waals surface area contributed by atoms with E-state index in [2.05, 4.69) is 10.2 Å². The van der Waals surface area contributed by atoms with E-state index < -0.39 is 11.3 Å². The van der Waals surface area contributed by atoms with Crippen molar-refractivity contribution in [2.45, 2.75) is 0 Å². The molecule has 5 nitrogen and oxygen atoms in total. The molecule has 0 saturated heterocycles. The van der Waals surface area contributed by atoms with Gasteiger partial charge in [-0.15, -0.1) is 0 Å². The number of carbonyl (C=O) groups excluding carboxylic acids is 1.